The zero-order valence-corrected chi connectivity index (χ0v) is 25.9. The molecule has 46 heavy (non-hydrogen) atoms. The predicted octanol–water partition coefficient (Wildman–Crippen LogP) is 1.02. The summed E-state index contributed by atoms with van der Waals surface area (Å²) < 4.78 is 17.5. The standard InChI is InChI=1S/C33H39N7O6/c1-44-27-9-5-23-6-10-30(41)37-26-19-40(32(43)21-38-13-15-39(16-14-38)33-34-11-2-12-35-33)20-29(26)46-25-7-3-24(4-8-25)18-36-31(42)22-45-28(27)17-23/h2-5,7-9,11-12,17,26,29H,6,10,13-16,18-22H2,1H3,(H,36,42)(H,37,41)/t26-,29-/m0/s1. The first-order valence-corrected chi connectivity index (χ1v) is 15.6. The number of amides is 3. The minimum atomic E-state index is -0.423. The molecule has 2 atom stereocenters. The first-order chi connectivity index (χ1) is 22.4. The first kappa shape index (κ1) is 31.1. The average molecular weight is 630 g/mol. The molecule has 5 heterocycles. The zero-order chi connectivity index (χ0) is 31.9. The highest BCUT2D eigenvalue weighted by atomic mass is 16.5. The molecule has 13 nitrogen and oxygen atoms in total. The number of carbonyl (C=O) groups is 3. The van der Waals surface area contributed by atoms with Gasteiger partial charge in [0.25, 0.3) is 5.91 Å². The molecule has 3 aromatic rings. The number of piperazine rings is 1. The second-order valence-corrected chi connectivity index (χ2v) is 11.6. The number of hydrogen-bond acceptors (Lipinski definition) is 10. The molecule has 4 aliphatic rings. The van der Waals surface area contributed by atoms with Gasteiger partial charge in [-0.25, -0.2) is 9.97 Å². The summed E-state index contributed by atoms with van der Waals surface area (Å²) in [4.78, 5) is 53.9. The van der Waals surface area contributed by atoms with Crippen LogP contribution in [0.25, 0.3) is 0 Å². The zero-order valence-electron chi connectivity index (χ0n) is 25.9. The summed E-state index contributed by atoms with van der Waals surface area (Å²) in [6.07, 6.45) is 3.73. The highest BCUT2D eigenvalue weighted by molar-refractivity contribution is 5.80. The van der Waals surface area contributed by atoms with Gasteiger partial charge >= 0.3 is 0 Å². The molecule has 1 aromatic heterocycles. The summed E-state index contributed by atoms with van der Waals surface area (Å²) in [5.74, 6) is 1.86. The van der Waals surface area contributed by atoms with Crippen molar-refractivity contribution in [3.05, 3.63) is 72.1 Å². The Morgan fingerprint density at radius 3 is 2.48 bits per heavy atom. The smallest absolute Gasteiger partial charge is 0.258 e. The largest absolute Gasteiger partial charge is 0.493 e. The molecule has 2 saturated heterocycles. The highest BCUT2D eigenvalue weighted by Crippen LogP contribution is 2.29. The number of anilines is 1. The van der Waals surface area contributed by atoms with Gasteiger partial charge in [0.15, 0.2) is 18.1 Å². The fraction of sp³-hybridized carbons (Fsp3) is 0.424. The van der Waals surface area contributed by atoms with E-state index < -0.39 is 6.10 Å². The van der Waals surface area contributed by atoms with Crippen molar-refractivity contribution in [2.75, 3.05) is 64.4 Å². The van der Waals surface area contributed by atoms with E-state index in [1.54, 1.807) is 35.5 Å². The van der Waals surface area contributed by atoms with Gasteiger partial charge in [-0.15, -0.1) is 0 Å². The van der Waals surface area contributed by atoms with E-state index in [4.69, 9.17) is 14.2 Å². The lowest BCUT2D eigenvalue weighted by atomic mass is 10.1. The normalized spacial score (nSPS) is 21.1. The number of carbonyl (C=O) groups excluding carboxylic acids is 3. The number of methoxy groups -OCH3 is 1. The van der Waals surface area contributed by atoms with E-state index in [1.807, 2.05) is 30.3 Å². The lowest BCUT2D eigenvalue weighted by Gasteiger charge is -2.34. The van der Waals surface area contributed by atoms with Crippen molar-refractivity contribution in [1.82, 2.24) is 30.4 Å². The Bertz CT molecular complexity index is 1510. The number of aryl methyl sites for hydroxylation is 1. The number of rotatable bonds is 4. The van der Waals surface area contributed by atoms with Crippen LogP contribution in [0.4, 0.5) is 5.95 Å². The lowest BCUT2D eigenvalue weighted by molar-refractivity contribution is -0.132. The van der Waals surface area contributed by atoms with Crippen molar-refractivity contribution in [3.63, 3.8) is 0 Å². The Hall–Kier alpha value is -4.91. The molecule has 3 amide bonds. The van der Waals surface area contributed by atoms with E-state index in [9.17, 15) is 14.4 Å². The third kappa shape index (κ3) is 7.83. The van der Waals surface area contributed by atoms with Crippen molar-refractivity contribution in [2.24, 2.45) is 0 Å². The fourth-order valence-electron chi connectivity index (χ4n) is 5.87. The quantitative estimate of drug-likeness (QED) is 0.430. The van der Waals surface area contributed by atoms with Gasteiger partial charge in [-0.2, -0.15) is 0 Å². The number of fused-ring (bicyclic) bond motifs is 9. The fourth-order valence-corrected chi connectivity index (χ4v) is 5.87. The molecule has 242 valence electrons. The number of hydrogen-bond donors (Lipinski definition) is 2. The van der Waals surface area contributed by atoms with Crippen LogP contribution in [-0.4, -0.2) is 109 Å². The van der Waals surface area contributed by atoms with Crippen LogP contribution in [0.1, 0.15) is 17.5 Å². The van der Waals surface area contributed by atoms with E-state index in [2.05, 4.69) is 30.4 Å². The molecule has 4 bridgehead atoms. The Morgan fingerprint density at radius 2 is 1.72 bits per heavy atom. The van der Waals surface area contributed by atoms with Crippen molar-refractivity contribution < 1.29 is 28.6 Å². The van der Waals surface area contributed by atoms with Gasteiger partial charge < -0.3 is 34.6 Å². The van der Waals surface area contributed by atoms with Crippen LogP contribution in [-0.2, 0) is 27.3 Å². The topological polar surface area (TPSA) is 138 Å². The van der Waals surface area contributed by atoms with Gasteiger partial charge in [0.1, 0.15) is 11.9 Å². The molecule has 4 aliphatic heterocycles. The van der Waals surface area contributed by atoms with Crippen LogP contribution in [0.5, 0.6) is 17.2 Å². The molecule has 2 N–H and O–H groups in total. The maximum Gasteiger partial charge on any atom is 0.258 e. The molecule has 0 saturated carbocycles. The van der Waals surface area contributed by atoms with E-state index >= 15 is 0 Å². The van der Waals surface area contributed by atoms with Gasteiger partial charge in [0.2, 0.25) is 17.8 Å². The maximum atomic E-state index is 13.5. The Labute approximate surface area is 267 Å². The minimum Gasteiger partial charge on any atom is -0.493 e. The van der Waals surface area contributed by atoms with E-state index in [0.717, 1.165) is 37.3 Å². The molecular weight excluding hydrogens is 590 g/mol. The summed E-state index contributed by atoms with van der Waals surface area (Å²) >= 11 is 0. The van der Waals surface area contributed by atoms with Crippen molar-refractivity contribution in [1.29, 1.82) is 0 Å². The molecule has 0 radical (unpaired) electrons. The van der Waals surface area contributed by atoms with Gasteiger partial charge in [-0.05, 0) is 47.9 Å². The number of aromatic nitrogens is 2. The van der Waals surface area contributed by atoms with Gasteiger partial charge in [0, 0.05) is 58.1 Å². The van der Waals surface area contributed by atoms with Crippen LogP contribution in [0.15, 0.2) is 60.9 Å². The van der Waals surface area contributed by atoms with Crippen molar-refractivity contribution in [3.8, 4) is 17.2 Å². The van der Waals surface area contributed by atoms with E-state index in [-0.39, 0.29) is 36.8 Å². The number of nitrogens with one attached hydrogen (secondary N) is 2. The first-order valence-electron chi connectivity index (χ1n) is 15.6. The van der Waals surface area contributed by atoms with Gasteiger partial charge in [-0.3, -0.25) is 19.3 Å². The van der Waals surface area contributed by atoms with Gasteiger partial charge in [0.05, 0.1) is 26.2 Å². The van der Waals surface area contributed by atoms with Crippen molar-refractivity contribution >= 4 is 23.7 Å². The van der Waals surface area contributed by atoms with Crippen molar-refractivity contribution in [2.45, 2.75) is 31.5 Å². The number of benzene rings is 2. The molecule has 0 spiro atoms. The maximum absolute atomic E-state index is 13.5. The SMILES string of the molecule is COc1ccc2cc1OCC(=O)NCc1ccc(cc1)O[C@H]1CN(C(=O)CN3CCN(c4ncccn4)CC3)C[C@@H]1NC(=O)CC2. The summed E-state index contributed by atoms with van der Waals surface area (Å²) in [7, 11) is 1.54. The molecule has 2 fully saturated rings. The molecular formula is C33H39N7O6. The summed E-state index contributed by atoms with van der Waals surface area (Å²) in [6, 6.07) is 14.3. The molecule has 7 rings (SSSR count). The molecule has 0 aliphatic carbocycles. The van der Waals surface area contributed by atoms with Crippen LogP contribution in [0, 0.1) is 0 Å². The molecule has 13 heteroatoms. The Morgan fingerprint density at radius 1 is 0.957 bits per heavy atom. The Kier molecular flexibility index (Phi) is 9.77. The Balaban J connectivity index is 1.13. The second kappa shape index (κ2) is 14.5. The lowest BCUT2D eigenvalue weighted by Crippen LogP contribution is -2.50. The monoisotopic (exact) mass is 629 g/mol. The summed E-state index contributed by atoms with van der Waals surface area (Å²) in [6.45, 7) is 4.10. The number of nitrogens with zero attached hydrogens (tertiary/aromatic N) is 5. The average Bonchev–Trinajstić information content (AvgIpc) is 3.48. The van der Waals surface area contributed by atoms with Crippen LogP contribution < -0.4 is 29.7 Å². The van der Waals surface area contributed by atoms with Crippen LogP contribution in [0.3, 0.4) is 0 Å². The number of ether oxygens (including phenoxy) is 3. The third-order valence-electron chi connectivity index (χ3n) is 8.46. The van der Waals surface area contributed by atoms with E-state index in [0.29, 0.717) is 55.8 Å². The second-order valence-electron chi connectivity index (χ2n) is 11.6. The summed E-state index contributed by atoms with van der Waals surface area (Å²) in [5.41, 5.74) is 1.77. The third-order valence-corrected chi connectivity index (χ3v) is 8.46. The molecule has 0 unspecified atom stereocenters. The molecule has 2 aromatic carbocycles. The summed E-state index contributed by atoms with van der Waals surface area (Å²) in [5, 5.41) is 6.00. The van der Waals surface area contributed by atoms with E-state index in [1.165, 1.54) is 7.11 Å². The highest BCUT2D eigenvalue weighted by Gasteiger charge is 2.38. The number of likely N-dealkylation sites (tertiary alicyclic amines) is 1. The van der Waals surface area contributed by atoms with Crippen LogP contribution in [0.2, 0.25) is 0 Å². The van der Waals surface area contributed by atoms with Gasteiger partial charge in [-0.1, -0.05) is 18.2 Å². The van der Waals surface area contributed by atoms with Crippen LogP contribution >= 0.6 is 0 Å². The minimum absolute atomic E-state index is 0.000989. The predicted molar refractivity (Wildman–Crippen MR) is 169 cm³/mol.